The quantitative estimate of drug-likeness (QED) is 0.811. The number of carbonyl (C=O) groups excluding carboxylic acids is 1. The summed E-state index contributed by atoms with van der Waals surface area (Å²) in [6, 6.07) is 7.56. The molecule has 1 heterocycles. The highest BCUT2D eigenvalue weighted by Crippen LogP contribution is 2.20. The summed E-state index contributed by atoms with van der Waals surface area (Å²) in [4.78, 5) is 10.7. The number of hydrogen-bond acceptors (Lipinski definition) is 2. The van der Waals surface area contributed by atoms with Crippen LogP contribution in [0.4, 0.5) is 0 Å². The Bertz CT molecular complexity index is 546. The van der Waals surface area contributed by atoms with Gasteiger partial charge in [-0.15, -0.1) is 0 Å². The van der Waals surface area contributed by atoms with Gasteiger partial charge in [0.1, 0.15) is 0 Å². The topological polar surface area (TPSA) is 34.9 Å². The molecule has 0 saturated heterocycles. The van der Waals surface area contributed by atoms with Gasteiger partial charge in [-0.25, -0.2) is 4.68 Å². The Kier molecular flexibility index (Phi) is 3.43. The molecule has 88 valence electrons. The van der Waals surface area contributed by atoms with Crippen LogP contribution < -0.4 is 0 Å². The van der Waals surface area contributed by atoms with E-state index in [1.165, 1.54) is 0 Å². The van der Waals surface area contributed by atoms with E-state index in [1.807, 2.05) is 29.1 Å². The zero-order valence-electron chi connectivity index (χ0n) is 9.72. The first kappa shape index (κ1) is 12.0. The third-order valence-electron chi connectivity index (χ3n) is 2.58. The molecular weight excluding hydrogens is 280 g/mol. The first-order valence-corrected chi connectivity index (χ1v) is 6.22. The zero-order chi connectivity index (χ0) is 12.4. The van der Waals surface area contributed by atoms with E-state index < -0.39 is 0 Å². The Morgan fingerprint density at radius 2 is 2.12 bits per heavy atom. The predicted molar refractivity (Wildman–Crippen MR) is 70.7 cm³/mol. The van der Waals surface area contributed by atoms with Gasteiger partial charge in [0, 0.05) is 16.2 Å². The largest absolute Gasteiger partial charge is 0.298 e. The maximum Gasteiger partial charge on any atom is 0.151 e. The van der Waals surface area contributed by atoms with E-state index in [2.05, 4.69) is 34.9 Å². The maximum atomic E-state index is 10.7. The molecule has 0 amide bonds. The molecule has 0 bridgehead atoms. The van der Waals surface area contributed by atoms with Crippen molar-refractivity contribution in [2.24, 2.45) is 0 Å². The average molecular weight is 293 g/mol. The lowest BCUT2D eigenvalue weighted by Gasteiger charge is -2.04. The predicted octanol–water partition coefficient (Wildman–Crippen LogP) is 3.57. The Hall–Kier alpha value is -1.42. The van der Waals surface area contributed by atoms with Gasteiger partial charge >= 0.3 is 0 Å². The van der Waals surface area contributed by atoms with Crippen LogP contribution in [0.2, 0.25) is 0 Å². The maximum absolute atomic E-state index is 10.7. The molecule has 0 fully saturated rings. The summed E-state index contributed by atoms with van der Waals surface area (Å²) >= 11 is 3.37. The molecule has 1 aromatic heterocycles. The van der Waals surface area contributed by atoms with Gasteiger partial charge < -0.3 is 0 Å². The number of nitrogens with zero attached hydrogens (tertiary/aromatic N) is 2. The first-order valence-electron chi connectivity index (χ1n) is 5.42. The molecule has 0 atom stereocenters. The third-order valence-corrected chi connectivity index (χ3v) is 3.26. The molecule has 0 saturated carbocycles. The molecule has 0 N–H and O–H groups in total. The van der Waals surface area contributed by atoms with E-state index in [9.17, 15) is 4.79 Å². The summed E-state index contributed by atoms with van der Waals surface area (Å²) in [5.74, 6) is 0.411. The van der Waals surface area contributed by atoms with Crippen LogP contribution in [-0.4, -0.2) is 16.1 Å². The van der Waals surface area contributed by atoms with E-state index in [0.717, 1.165) is 22.1 Å². The molecule has 17 heavy (non-hydrogen) atoms. The van der Waals surface area contributed by atoms with Crippen molar-refractivity contribution in [3.05, 3.63) is 46.2 Å². The van der Waals surface area contributed by atoms with Crippen LogP contribution in [0.15, 0.2) is 34.9 Å². The van der Waals surface area contributed by atoms with Gasteiger partial charge in [-0.3, -0.25) is 4.79 Å². The Morgan fingerprint density at radius 1 is 1.35 bits per heavy atom. The second kappa shape index (κ2) is 4.84. The van der Waals surface area contributed by atoms with Crippen LogP contribution >= 0.6 is 15.9 Å². The molecular formula is C13H13BrN2O. The number of aromatic nitrogens is 2. The molecule has 4 heteroatoms. The average Bonchev–Trinajstić information content (AvgIpc) is 2.78. The van der Waals surface area contributed by atoms with Gasteiger partial charge in [0.25, 0.3) is 0 Å². The van der Waals surface area contributed by atoms with Crippen LogP contribution in [0.1, 0.15) is 35.8 Å². The van der Waals surface area contributed by atoms with Crippen molar-refractivity contribution in [1.29, 1.82) is 0 Å². The van der Waals surface area contributed by atoms with Gasteiger partial charge in [-0.2, -0.15) is 5.10 Å². The molecule has 0 spiro atoms. The van der Waals surface area contributed by atoms with Gasteiger partial charge in [-0.05, 0) is 46.1 Å². The van der Waals surface area contributed by atoms with Crippen LogP contribution in [0.5, 0.6) is 0 Å². The monoisotopic (exact) mass is 292 g/mol. The lowest BCUT2D eigenvalue weighted by molar-refractivity contribution is 0.112. The minimum Gasteiger partial charge on any atom is -0.298 e. The van der Waals surface area contributed by atoms with Gasteiger partial charge in [0.2, 0.25) is 0 Å². The van der Waals surface area contributed by atoms with E-state index in [4.69, 9.17) is 0 Å². The van der Waals surface area contributed by atoms with Crippen LogP contribution in [-0.2, 0) is 0 Å². The normalized spacial score (nSPS) is 10.8. The van der Waals surface area contributed by atoms with Crippen molar-refractivity contribution in [3.8, 4) is 5.69 Å². The summed E-state index contributed by atoms with van der Waals surface area (Å²) < 4.78 is 2.60. The number of hydrogen-bond donors (Lipinski definition) is 0. The highest BCUT2D eigenvalue weighted by atomic mass is 79.9. The van der Waals surface area contributed by atoms with Crippen molar-refractivity contribution in [3.63, 3.8) is 0 Å². The zero-order valence-corrected chi connectivity index (χ0v) is 11.3. The van der Waals surface area contributed by atoms with Crippen molar-refractivity contribution in [2.45, 2.75) is 19.8 Å². The molecule has 0 radical (unpaired) electrons. The van der Waals surface area contributed by atoms with E-state index in [0.29, 0.717) is 11.5 Å². The Labute approximate surface area is 109 Å². The molecule has 0 aliphatic heterocycles. The van der Waals surface area contributed by atoms with Crippen molar-refractivity contribution in [1.82, 2.24) is 9.78 Å². The number of rotatable bonds is 3. The molecule has 1 aromatic carbocycles. The van der Waals surface area contributed by atoms with Gasteiger partial charge in [0.05, 0.1) is 11.4 Å². The summed E-state index contributed by atoms with van der Waals surface area (Å²) in [7, 11) is 0. The molecule has 2 aromatic rings. The van der Waals surface area contributed by atoms with Gasteiger partial charge in [0.15, 0.2) is 6.29 Å². The van der Waals surface area contributed by atoms with Crippen LogP contribution in [0.25, 0.3) is 5.69 Å². The van der Waals surface area contributed by atoms with E-state index >= 15 is 0 Å². The number of aldehydes is 1. The lowest BCUT2D eigenvalue weighted by Crippen LogP contribution is -1.98. The number of benzene rings is 1. The third kappa shape index (κ3) is 2.47. The first-order chi connectivity index (χ1) is 8.11. The van der Waals surface area contributed by atoms with E-state index in [1.54, 1.807) is 6.07 Å². The summed E-state index contributed by atoms with van der Waals surface area (Å²) in [5.41, 5.74) is 2.64. The smallest absolute Gasteiger partial charge is 0.151 e. The van der Waals surface area contributed by atoms with Crippen molar-refractivity contribution < 1.29 is 4.79 Å². The standard InChI is InChI=1S/C13H13BrN2O/c1-9(2)13-5-6-16(15-13)11-4-3-10(8-17)12(14)7-11/h3-9H,1-2H3. The van der Waals surface area contributed by atoms with Crippen LogP contribution in [0.3, 0.4) is 0 Å². The highest BCUT2D eigenvalue weighted by Gasteiger charge is 2.06. The highest BCUT2D eigenvalue weighted by molar-refractivity contribution is 9.10. The molecule has 0 aliphatic rings. The number of halogens is 1. The Morgan fingerprint density at radius 3 is 2.65 bits per heavy atom. The molecule has 2 rings (SSSR count). The number of carbonyl (C=O) groups is 1. The van der Waals surface area contributed by atoms with Gasteiger partial charge in [-0.1, -0.05) is 13.8 Å². The fraction of sp³-hybridized carbons (Fsp3) is 0.231. The van der Waals surface area contributed by atoms with Crippen molar-refractivity contribution >= 4 is 22.2 Å². The summed E-state index contributed by atoms with van der Waals surface area (Å²) in [6.07, 6.45) is 2.76. The Balaban J connectivity index is 2.39. The fourth-order valence-corrected chi connectivity index (χ4v) is 2.00. The molecule has 0 aliphatic carbocycles. The summed E-state index contributed by atoms with van der Waals surface area (Å²) in [6.45, 7) is 4.22. The fourth-order valence-electron chi connectivity index (χ4n) is 1.54. The van der Waals surface area contributed by atoms with Crippen molar-refractivity contribution in [2.75, 3.05) is 0 Å². The minimum absolute atomic E-state index is 0.411. The SMILES string of the molecule is CC(C)c1ccn(-c2ccc(C=O)c(Br)c2)n1. The molecule has 0 unspecified atom stereocenters. The molecule has 3 nitrogen and oxygen atoms in total. The second-order valence-corrected chi connectivity index (χ2v) is 5.02. The van der Waals surface area contributed by atoms with Crippen LogP contribution in [0, 0.1) is 0 Å². The lowest BCUT2D eigenvalue weighted by atomic mass is 10.1. The second-order valence-electron chi connectivity index (χ2n) is 4.16. The minimum atomic E-state index is 0.411. The van der Waals surface area contributed by atoms with E-state index in [-0.39, 0.29) is 0 Å². The summed E-state index contributed by atoms with van der Waals surface area (Å²) in [5, 5.41) is 4.48.